The molecule has 0 amide bonds. The summed E-state index contributed by atoms with van der Waals surface area (Å²) in [5.41, 5.74) is 0.251. The number of hydrogen-bond acceptors (Lipinski definition) is 3. The van der Waals surface area contributed by atoms with E-state index in [4.69, 9.17) is 9.52 Å². The number of halogens is 3. The molecule has 0 unspecified atom stereocenters. The van der Waals surface area contributed by atoms with Gasteiger partial charge < -0.3 is 9.52 Å². The van der Waals surface area contributed by atoms with Crippen LogP contribution in [0.3, 0.4) is 0 Å². The van der Waals surface area contributed by atoms with Gasteiger partial charge >= 0.3 is 12.1 Å². The fourth-order valence-corrected chi connectivity index (χ4v) is 1.74. The zero-order valence-corrected chi connectivity index (χ0v) is 10.6. The number of aromatic carboxylic acids is 1. The van der Waals surface area contributed by atoms with Crippen molar-refractivity contribution >= 4 is 5.97 Å². The Hall–Kier alpha value is -2.31. The maximum absolute atomic E-state index is 12.7. The molecule has 0 saturated heterocycles. The number of nitrogens with zero attached hydrogens (tertiary/aromatic N) is 1. The van der Waals surface area contributed by atoms with Crippen molar-refractivity contribution in [2.45, 2.75) is 20.0 Å². The molecule has 0 fully saturated rings. The smallest absolute Gasteiger partial charge is 0.437 e. The number of carboxylic acids is 1. The molecular formula is C13H10F3NO3. The van der Waals surface area contributed by atoms with Crippen LogP contribution in [0.4, 0.5) is 13.2 Å². The van der Waals surface area contributed by atoms with Crippen LogP contribution in [0.5, 0.6) is 0 Å². The van der Waals surface area contributed by atoms with E-state index in [1.54, 1.807) is 32.0 Å². The summed E-state index contributed by atoms with van der Waals surface area (Å²) >= 11 is 0. The maximum atomic E-state index is 12.7. The van der Waals surface area contributed by atoms with Crippen molar-refractivity contribution in [3.05, 3.63) is 40.8 Å². The summed E-state index contributed by atoms with van der Waals surface area (Å²) in [6, 6.07) is 5.07. The molecule has 0 aliphatic heterocycles. The van der Waals surface area contributed by atoms with E-state index >= 15 is 0 Å². The number of alkyl halides is 3. The summed E-state index contributed by atoms with van der Waals surface area (Å²) in [7, 11) is 0. The lowest BCUT2D eigenvalue weighted by Gasteiger charge is -2.02. The second-order valence-corrected chi connectivity index (χ2v) is 4.32. The summed E-state index contributed by atoms with van der Waals surface area (Å²) in [4.78, 5) is 14.1. The van der Waals surface area contributed by atoms with Crippen LogP contribution in [0.1, 0.15) is 27.4 Å². The van der Waals surface area contributed by atoms with Gasteiger partial charge in [0.2, 0.25) is 11.7 Å². The van der Waals surface area contributed by atoms with Crippen LogP contribution in [0.25, 0.3) is 11.5 Å². The Morgan fingerprint density at radius 2 is 1.95 bits per heavy atom. The van der Waals surface area contributed by atoms with Crippen LogP contribution in [0.2, 0.25) is 0 Å². The van der Waals surface area contributed by atoms with Crippen molar-refractivity contribution in [2.75, 3.05) is 0 Å². The highest BCUT2D eigenvalue weighted by Crippen LogP contribution is 2.35. The largest absolute Gasteiger partial charge is 0.475 e. The van der Waals surface area contributed by atoms with Gasteiger partial charge in [0.15, 0.2) is 5.69 Å². The minimum Gasteiger partial charge on any atom is -0.475 e. The first-order valence-electron chi connectivity index (χ1n) is 5.59. The van der Waals surface area contributed by atoms with Crippen molar-refractivity contribution in [1.29, 1.82) is 0 Å². The molecule has 2 rings (SSSR count). The minimum absolute atomic E-state index is 0.336. The Morgan fingerprint density at radius 3 is 2.45 bits per heavy atom. The quantitative estimate of drug-likeness (QED) is 0.914. The summed E-state index contributed by atoms with van der Waals surface area (Å²) in [6.07, 6.45) is -4.88. The van der Waals surface area contributed by atoms with Crippen LogP contribution in [0.15, 0.2) is 22.6 Å². The molecule has 7 heteroatoms. The Balaban J connectivity index is 2.65. The zero-order chi connectivity index (χ0) is 15.1. The van der Waals surface area contributed by atoms with E-state index < -0.39 is 23.6 Å². The lowest BCUT2D eigenvalue weighted by molar-refractivity contribution is -0.141. The topological polar surface area (TPSA) is 63.3 Å². The van der Waals surface area contributed by atoms with Gasteiger partial charge in [-0.25, -0.2) is 9.78 Å². The average molecular weight is 285 g/mol. The minimum atomic E-state index is -4.88. The molecule has 1 N–H and O–H groups in total. The number of hydrogen-bond donors (Lipinski definition) is 1. The van der Waals surface area contributed by atoms with Crippen LogP contribution in [-0.4, -0.2) is 16.1 Å². The van der Waals surface area contributed by atoms with Crippen LogP contribution >= 0.6 is 0 Å². The molecule has 1 aromatic heterocycles. The predicted octanol–water partition coefficient (Wildman–Crippen LogP) is 3.68. The molecule has 1 heterocycles. The lowest BCUT2D eigenvalue weighted by Crippen LogP contribution is -2.11. The number of aromatic nitrogens is 1. The van der Waals surface area contributed by atoms with Gasteiger partial charge in [0.05, 0.1) is 0 Å². The molecule has 20 heavy (non-hydrogen) atoms. The Labute approximate surface area is 111 Å². The molecule has 2 aromatic rings. The molecule has 0 saturated carbocycles. The summed E-state index contributed by atoms with van der Waals surface area (Å²) in [6.45, 7) is 3.43. The standard InChI is InChI=1S/C13H10F3NO3/c1-6-3-4-7(2)8(5-6)11-17-10(13(14,15)16)9(20-11)12(18)19/h3-5H,1-2H3,(H,18,19). The fourth-order valence-electron chi connectivity index (χ4n) is 1.74. The van der Waals surface area contributed by atoms with Gasteiger partial charge in [0, 0.05) is 5.56 Å². The van der Waals surface area contributed by atoms with E-state index in [0.717, 1.165) is 5.56 Å². The van der Waals surface area contributed by atoms with E-state index in [-0.39, 0.29) is 5.89 Å². The second kappa shape index (κ2) is 4.66. The van der Waals surface area contributed by atoms with E-state index in [2.05, 4.69) is 4.98 Å². The second-order valence-electron chi connectivity index (χ2n) is 4.32. The molecule has 0 aliphatic rings. The Bertz CT molecular complexity index is 674. The Kier molecular flexibility index (Phi) is 3.29. The fraction of sp³-hybridized carbons (Fsp3) is 0.231. The van der Waals surface area contributed by atoms with E-state index in [0.29, 0.717) is 11.1 Å². The highest BCUT2D eigenvalue weighted by atomic mass is 19.4. The molecule has 0 spiro atoms. The molecule has 1 aromatic carbocycles. The average Bonchev–Trinajstić information content (AvgIpc) is 2.77. The SMILES string of the molecule is Cc1ccc(C)c(-c2nc(C(F)(F)F)c(C(=O)O)o2)c1. The highest BCUT2D eigenvalue weighted by molar-refractivity contribution is 5.86. The number of carboxylic acid groups (broad SMARTS) is 1. The summed E-state index contributed by atoms with van der Waals surface area (Å²) < 4.78 is 43.0. The number of benzene rings is 1. The van der Waals surface area contributed by atoms with Crippen molar-refractivity contribution in [3.63, 3.8) is 0 Å². The van der Waals surface area contributed by atoms with Gasteiger partial charge in [-0.15, -0.1) is 0 Å². The predicted molar refractivity (Wildman–Crippen MR) is 63.4 cm³/mol. The van der Waals surface area contributed by atoms with Crippen molar-refractivity contribution in [1.82, 2.24) is 4.98 Å². The van der Waals surface area contributed by atoms with Crippen LogP contribution in [-0.2, 0) is 6.18 Å². The molecular weight excluding hydrogens is 275 g/mol. The number of carbonyl (C=O) groups is 1. The van der Waals surface area contributed by atoms with Crippen molar-refractivity contribution in [2.24, 2.45) is 0 Å². The van der Waals surface area contributed by atoms with Gasteiger partial charge in [-0.1, -0.05) is 17.7 Å². The number of rotatable bonds is 2. The van der Waals surface area contributed by atoms with Crippen LogP contribution in [0, 0.1) is 13.8 Å². The van der Waals surface area contributed by atoms with Crippen molar-refractivity contribution in [3.8, 4) is 11.5 Å². The maximum Gasteiger partial charge on any atom is 0.437 e. The molecule has 106 valence electrons. The third-order valence-electron chi connectivity index (χ3n) is 2.71. The normalized spacial score (nSPS) is 11.7. The van der Waals surface area contributed by atoms with Crippen molar-refractivity contribution < 1.29 is 27.5 Å². The molecule has 0 atom stereocenters. The molecule has 0 aliphatic carbocycles. The van der Waals surface area contributed by atoms with Gasteiger partial charge in [-0.3, -0.25) is 0 Å². The van der Waals surface area contributed by atoms with E-state index in [1.807, 2.05) is 0 Å². The van der Waals surface area contributed by atoms with Gasteiger partial charge in [0.1, 0.15) is 0 Å². The van der Waals surface area contributed by atoms with E-state index in [1.165, 1.54) is 0 Å². The molecule has 0 bridgehead atoms. The molecule has 4 nitrogen and oxygen atoms in total. The first kappa shape index (κ1) is 14.1. The van der Waals surface area contributed by atoms with Gasteiger partial charge in [0.25, 0.3) is 0 Å². The van der Waals surface area contributed by atoms with Crippen LogP contribution < -0.4 is 0 Å². The summed E-state index contributed by atoms with van der Waals surface area (Å²) in [5.74, 6) is -3.36. The first-order valence-corrected chi connectivity index (χ1v) is 5.59. The lowest BCUT2D eigenvalue weighted by atomic mass is 10.1. The number of aryl methyl sites for hydroxylation is 2. The van der Waals surface area contributed by atoms with E-state index in [9.17, 15) is 18.0 Å². The highest BCUT2D eigenvalue weighted by Gasteiger charge is 2.41. The third-order valence-corrected chi connectivity index (χ3v) is 2.71. The van der Waals surface area contributed by atoms with Gasteiger partial charge in [-0.05, 0) is 25.5 Å². The molecule has 0 radical (unpaired) electrons. The number of oxazole rings is 1. The third kappa shape index (κ3) is 2.52. The van der Waals surface area contributed by atoms with Gasteiger partial charge in [-0.2, -0.15) is 13.2 Å². The zero-order valence-electron chi connectivity index (χ0n) is 10.6. The Morgan fingerprint density at radius 1 is 1.30 bits per heavy atom. The first-order chi connectivity index (χ1) is 9.20. The summed E-state index contributed by atoms with van der Waals surface area (Å²) in [5, 5.41) is 8.78. The monoisotopic (exact) mass is 285 g/mol.